The van der Waals surface area contributed by atoms with E-state index in [1.165, 1.54) is 0 Å². The minimum Gasteiger partial charge on any atom is -0.481 e. The molecule has 1 heterocycles. The van der Waals surface area contributed by atoms with E-state index in [1.54, 1.807) is 25.6 Å². The highest BCUT2D eigenvalue weighted by atomic mass is 32.2. The number of hydrogen-bond acceptors (Lipinski definition) is 3. The van der Waals surface area contributed by atoms with Crippen molar-refractivity contribution in [3.8, 4) is 0 Å². The summed E-state index contributed by atoms with van der Waals surface area (Å²) >= 11 is 1.69. The number of carbonyl (C=O) groups is 1. The number of hydrogen-bond donors (Lipinski definition) is 2. The van der Waals surface area contributed by atoms with Gasteiger partial charge in [-0.25, -0.2) is 0 Å². The van der Waals surface area contributed by atoms with Gasteiger partial charge in [0.05, 0.1) is 10.8 Å². The molecule has 0 aromatic rings. The van der Waals surface area contributed by atoms with Gasteiger partial charge in [0.15, 0.2) is 0 Å². The van der Waals surface area contributed by atoms with Gasteiger partial charge in [-0.05, 0) is 13.8 Å². The molecular weight excluding hydrogens is 162 g/mol. The van der Waals surface area contributed by atoms with Crippen molar-refractivity contribution in [1.82, 2.24) is 5.32 Å². The summed E-state index contributed by atoms with van der Waals surface area (Å²) in [7, 11) is 0. The monoisotopic (exact) mass is 175 g/mol. The minimum atomic E-state index is -0.732. The van der Waals surface area contributed by atoms with Gasteiger partial charge in [-0.2, -0.15) is 0 Å². The van der Waals surface area contributed by atoms with Gasteiger partial charge >= 0.3 is 5.97 Å². The third-order valence-electron chi connectivity index (χ3n) is 1.92. The van der Waals surface area contributed by atoms with E-state index in [2.05, 4.69) is 5.32 Å². The van der Waals surface area contributed by atoms with Crippen molar-refractivity contribution >= 4 is 17.7 Å². The lowest BCUT2D eigenvalue weighted by Crippen LogP contribution is -2.41. The van der Waals surface area contributed by atoms with E-state index >= 15 is 0 Å². The number of thioether (sulfide) groups is 1. The van der Waals surface area contributed by atoms with Gasteiger partial charge in [0.2, 0.25) is 0 Å². The third kappa shape index (κ3) is 1.68. The third-order valence-corrected chi connectivity index (χ3v) is 3.45. The maximum absolute atomic E-state index is 10.8. The highest BCUT2D eigenvalue weighted by Gasteiger charge is 2.38. The fourth-order valence-corrected chi connectivity index (χ4v) is 2.23. The van der Waals surface area contributed by atoms with Crippen LogP contribution in [-0.2, 0) is 4.79 Å². The lowest BCUT2D eigenvalue weighted by Gasteiger charge is -2.25. The van der Waals surface area contributed by atoms with Crippen molar-refractivity contribution in [2.45, 2.75) is 19.2 Å². The van der Waals surface area contributed by atoms with E-state index in [0.717, 1.165) is 12.3 Å². The molecule has 4 heteroatoms. The zero-order valence-corrected chi connectivity index (χ0v) is 7.57. The van der Waals surface area contributed by atoms with Crippen LogP contribution in [-0.4, -0.2) is 28.7 Å². The fourth-order valence-electron chi connectivity index (χ4n) is 1.00. The largest absolute Gasteiger partial charge is 0.481 e. The first-order valence-corrected chi connectivity index (χ1v) is 4.68. The number of carboxylic acids is 1. The van der Waals surface area contributed by atoms with Crippen molar-refractivity contribution in [2.75, 3.05) is 12.3 Å². The first-order chi connectivity index (χ1) is 5.05. The van der Waals surface area contributed by atoms with Crippen LogP contribution in [0, 0.1) is 5.41 Å². The maximum Gasteiger partial charge on any atom is 0.311 e. The first kappa shape index (κ1) is 8.87. The Morgan fingerprint density at radius 3 is 2.73 bits per heavy atom. The van der Waals surface area contributed by atoms with Crippen LogP contribution in [0.1, 0.15) is 13.8 Å². The highest BCUT2D eigenvalue weighted by Crippen LogP contribution is 2.31. The van der Waals surface area contributed by atoms with E-state index in [-0.39, 0.29) is 5.37 Å². The van der Waals surface area contributed by atoms with Crippen LogP contribution in [0.15, 0.2) is 0 Å². The molecule has 64 valence electrons. The molecular formula is C7H13NO2S. The quantitative estimate of drug-likeness (QED) is 0.650. The summed E-state index contributed by atoms with van der Waals surface area (Å²) in [6, 6.07) is 0. The predicted octanol–water partition coefficient (Wildman–Crippen LogP) is 0.760. The Bertz CT molecular complexity index is 164. The summed E-state index contributed by atoms with van der Waals surface area (Å²) in [4.78, 5) is 10.8. The van der Waals surface area contributed by atoms with Crippen LogP contribution >= 0.6 is 11.8 Å². The zero-order chi connectivity index (χ0) is 8.48. The van der Waals surface area contributed by atoms with E-state index < -0.39 is 11.4 Å². The Morgan fingerprint density at radius 1 is 1.73 bits per heavy atom. The van der Waals surface area contributed by atoms with Gasteiger partial charge in [-0.1, -0.05) is 0 Å². The minimum absolute atomic E-state index is 0.0694. The smallest absolute Gasteiger partial charge is 0.311 e. The summed E-state index contributed by atoms with van der Waals surface area (Å²) < 4.78 is 0. The molecule has 3 nitrogen and oxygen atoms in total. The highest BCUT2D eigenvalue weighted by molar-refractivity contribution is 8.00. The summed E-state index contributed by atoms with van der Waals surface area (Å²) in [5.41, 5.74) is -0.652. The fraction of sp³-hybridized carbons (Fsp3) is 0.857. The second kappa shape index (κ2) is 3.03. The molecule has 0 aliphatic carbocycles. The van der Waals surface area contributed by atoms with Crippen molar-refractivity contribution in [3.63, 3.8) is 0 Å². The zero-order valence-electron chi connectivity index (χ0n) is 6.76. The van der Waals surface area contributed by atoms with Crippen LogP contribution in [0.3, 0.4) is 0 Å². The van der Waals surface area contributed by atoms with Gasteiger partial charge in [-0.15, -0.1) is 11.8 Å². The molecule has 0 spiro atoms. The molecule has 2 N–H and O–H groups in total. The Hall–Kier alpha value is -0.220. The lowest BCUT2D eigenvalue weighted by atomic mass is 9.93. The molecule has 0 saturated carbocycles. The number of rotatable bonds is 2. The van der Waals surface area contributed by atoms with Crippen molar-refractivity contribution in [3.05, 3.63) is 0 Å². The number of carboxylic acid groups (broad SMARTS) is 1. The standard InChI is InChI=1S/C7H13NO2S/c1-7(2,6(9)10)5-8-3-4-11-5/h5,8H,3-4H2,1-2H3,(H,9,10). The molecule has 11 heavy (non-hydrogen) atoms. The molecule has 0 aromatic heterocycles. The SMILES string of the molecule is CC(C)(C(=O)O)C1NCCS1. The van der Waals surface area contributed by atoms with Gasteiger partial charge in [-0.3, -0.25) is 4.79 Å². The van der Waals surface area contributed by atoms with Crippen molar-refractivity contribution < 1.29 is 9.90 Å². The van der Waals surface area contributed by atoms with Crippen LogP contribution in [0.5, 0.6) is 0 Å². The molecule has 1 atom stereocenters. The molecule has 0 amide bonds. The Balaban J connectivity index is 2.62. The van der Waals surface area contributed by atoms with Crippen molar-refractivity contribution in [2.24, 2.45) is 5.41 Å². The maximum atomic E-state index is 10.8. The second-order valence-electron chi connectivity index (χ2n) is 3.23. The Kier molecular flexibility index (Phi) is 2.44. The van der Waals surface area contributed by atoms with Crippen LogP contribution in [0.2, 0.25) is 0 Å². The van der Waals surface area contributed by atoms with Gasteiger partial charge in [0.1, 0.15) is 0 Å². The topological polar surface area (TPSA) is 49.3 Å². The van der Waals surface area contributed by atoms with Crippen molar-refractivity contribution in [1.29, 1.82) is 0 Å². The van der Waals surface area contributed by atoms with E-state index in [0.29, 0.717) is 0 Å². The van der Waals surface area contributed by atoms with E-state index in [9.17, 15) is 4.79 Å². The summed E-state index contributed by atoms with van der Waals surface area (Å²) in [5, 5.41) is 12.1. The molecule has 1 saturated heterocycles. The molecule has 1 aliphatic heterocycles. The first-order valence-electron chi connectivity index (χ1n) is 3.63. The van der Waals surface area contributed by atoms with Gasteiger partial charge < -0.3 is 10.4 Å². The Labute approximate surface area is 70.6 Å². The number of nitrogens with one attached hydrogen (secondary N) is 1. The Morgan fingerprint density at radius 2 is 2.36 bits per heavy atom. The summed E-state index contributed by atoms with van der Waals surface area (Å²) in [6.45, 7) is 4.43. The predicted molar refractivity (Wildman–Crippen MR) is 45.7 cm³/mol. The van der Waals surface area contributed by atoms with Crippen LogP contribution < -0.4 is 5.32 Å². The van der Waals surface area contributed by atoms with Crippen LogP contribution in [0.4, 0.5) is 0 Å². The number of aliphatic carboxylic acids is 1. The molecule has 1 aliphatic rings. The molecule has 1 rings (SSSR count). The molecule has 1 fully saturated rings. The van der Waals surface area contributed by atoms with E-state index in [4.69, 9.17) is 5.11 Å². The van der Waals surface area contributed by atoms with Crippen LogP contribution in [0.25, 0.3) is 0 Å². The molecule has 0 radical (unpaired) electrons. The average molecular weight is 175 g/mol. The molecule has 0 bridgehead atoms. The van der Waals surface area contributed by atoms with Gasteiger partial charge in [0.25, 0.3) is 0 Å². The lowest BCUT2D eigenvalue weighted by molar-refractivity contribution is -0.147. The normalized spacial score (nSPS) is 25.5. The summed E-state index contributed by atoms with van der Waals surface area (Å²) in [6.07, 6.45) is 0. The molecule has 1 unspecified atom stereocenters. The van der Waals surface area contributed by atoms with E-state index in [1.807, 2.05) is 0 Å². The molecule has 0 aromatic carbocycles. The van der Waals surface area contributed by atoms with Gasteiger partial charge in [0, 0.05) is 12.3 Å². The average Bonchev–Trinajstić information content (AvgIpc) is 2.37. The second-order valence-corrected chi connectivity index (χ2v) is 4.44. The summed E-state index contributed by atoms with van der Waals surface area (Å²) in [5.74, 6) is 0.283.